The molecule has 0 saturated carbocycles. The van der Waals surface area contributed by atoms with E-state index in [2.05, 4.69) is 5.32 Å². The molecule has 3 rings (SSSR count). The van der Waals surface area contributed by atoms with Crippen LogP contribution in [0.3, 0.4) is 0 Å². The highest BCUT2D eigenvalue weighted by molar-refractivity contribution is 6.06. The van der Waals surface area contributed by atoms with Crippen molar-refractivity contribution >= 4 is 11.9 Å². The fourth-order valence-corrected chi connectivity index (χ4v) is 2.42. The van der Waals surface area contributed by atoms with Crippen LogP contribution in [0.4, 0.5) is 9.18 Å². The second-order valence-electron chi connectivity index (χ2n) is 5.29. The van der Waals surface area contributed by atoms with Gasteiger partial charge in [-0.1, -0.05) is 0 Å². The van der Waals surface area contributed by atoms with E-state index in [4.69, 9.17) is 9.15 Å². The van der Waals surface area contributed by atoms with Gasteiger partial charge in [-0.25, -0.2) is 9.18 Å². The Morgan fingerprint density at radius 2 is 2.00 bits per heavy atom. The molecule has 1 aromatic carbocycles. The van der Waals surface area contributed by atoms with E-state index in [1.807, 2.05) is 0 Å². The summed E-state index contributed by atoms with van der Waals surface area (Å²) in [4.78, 5) is 25.6. The summed E-state index contributed by atoms with van der Waals surface area (Å²) < 4.78 is 23.5. The lowest BCUT2D eigenvalue weighted by atomic mass is 9.99. The third kappa shape index (κ3) is 2.77. The van der Waals surface area contributed by atoms with Crippen LogP contribution in [-0.2, 0) is 10.3 Å². The van der Waals surface area contributed by atoms with Crippen LogP contribution in [0, 0.1) is 5.82 Å². The summed E-state index contributed by atoms with van der Waals surface area (Å²) in [5.74, 6) is 0.0749. The molecule has 7 heteroatoms. The Hall–Kier alpha value is -2.83. The molecule has 2 aromatic rings. The number of carbonyl (C=O) groups is 2. The first kappa shape index (κ1) is 15.1. The van der Waals surface area contributed by atoms with Gasteiger partial charge in [-0.15, -0.1) is 0 Å². The Balaban J connectivity index is 1.63. The fraction of sp³-hybridized carbons (Fsp3) is 0.250. The van der Waals surface area contributed by atoms with Crippen molar-refractivity contribution in [1.82, 2.24) is 10.2 Å². The Bertz CT molecular complexity index is 714. The molecule has 1 fully saturated rings. The minimum absolute atomic E-state index is 0.0817. The zero-order valence-electron chi connectivity index (χ0n) is 12.4. The van der Waals surface area contributed by atoms with Crippen LogP contribution in [0.15, 0.2) is 47.1 Å². The number of imide groups is 1. The maximum atomic E-state index is 12.8. The molecule has 1 atom stereocenters. The number of rotatable bonds is 5. The number of halogens is 1. The van der Waals surface area contributed by atoms with Crippen LogP contribution < -0.4 is 10.1 Å². The van der Waals surface area contributed by atoms with Crippen molar-refractivity contribution in [2.24, 2.45) is 0 Å². The quantitative estimate of drug-likeness (QED) is 0.859. The van der Waals surface area contributed by atoms with Gasteiger partial charge in [-0.3, -0.25) is 9.69 Å². The molecule has 0 radical (unpaired) electrons. The third-order valence-corrected chi connectivity index (χ3v) is 3.69. The number of benzene rings is 1. The molecule has 1 aromatic heterocycles. The number of nitrogens with zero attached hydrogens (tertiary/aromatic N) is 1. The molecule has 6 nitrogen and oxygen atoms in total. The smallest absolute Gasteiger partial charge is 0.325 e. The summed E-state index contributed by atoms with van der Waals surface area (Å²) in [6.45, 7) is 1.78. The van der Waals surface area contributed by atoms with E-state index in [-0.39, 0.29) is 19.0 Å². The highest BCUT2D eigenvalue weighted by atomic mass is 19.1. The van der Waals surface area contributed by atoms with Gasteiger partial charge in [0.1, 0.15) is 23.9 Å². The summed E-state index contributed by atoms with van der Waals surface area (Å²) >= 11 is 0. The largest absolute Gasteiger partial charge is 0.492 e. The highest BCUT2D eigenvalue weighted by Crippen LogP contribution is 2.28. The normalized spacial score (nSPS) is 20.7. The van der Waals surface area contributed by atoms with Crippen LogP contribution in [0.25, 0.3) is 0 Å². The predicted molar refractivity (Wildman–Crippen MR) is 78.2 cm³/mol. The summed E-state index contributed by atoms with van der Waals surface area (Å²) in [6.07, 6.45) is 1.44. The SMILES string of the molecule is CC1(c2ccco2)NC(=O)N(CCOc2ccc(F)cc2)C1=O. The molecule has 1 aliphatic heterocycles. The second-order valence-corrected chi connectivity index (χ2v) is 5.29. The van der Waals surface area contributed by atoms with Crippen molar-refractivity contribution in [2.45, 2.75) is 12.5 Å². The molecule has 1 unspecified atom stereocenters. The van der Waals surface area contributed by atoms with Crippen molar-refractivity contribution in [1.29, 1.82) is 0 Å². The summed E-state index contributed by atoms with van der Waals surface area (Å²) in [5, 5.41) is 2.63. The van der Waals surface area contributed by atoms with E-state index in [1.165, 1.54) is 30.5 Å². The number of nitrogens with one attached hydrogen (secondary N) is 1. The van der Waals surface area contributed by atoms with Crippen LogP contribution in [0.1, 0.15) is 12.7 Å². The maximum absolute atomic E-state index is 12.8. The van der Waals surface area contributed by atoms with Crippen molar-refractivity contribution in [2.75, 3.05) is 13.2 Å². The third-order valence-electron chi connectivity index (χ3n) is 3.69. The molecule has 3 amide bonds. The number of hydrogen-bond donors (Lipinski definition) is 1. The number of furan rings is 1. The maximum Gasteiger partial charge on any atom is 0.325 e. The van der Waals surface area contributed by atoms with Crippen LogP contribution >= 0.6 is 0 Å². The van der Waals surface area contributed by atoms with E-state index >= 15 is 0 Å². The van der Waals surface area contributed by atoms with Gasteiger partial charge < -0.3 is 14.5 Å². The Morgan fingerprint density at radius 3 is 2.65 bits per heavy atom. The van der Waals surface area contributed by atoms with Crippen LogP contribution in [0.2, 0.25) is 0 Å². The molecule has 1 saturated heterocycles. The predicted octanol–water partition coefficient (Wildman–Crippen LogP) is 2.26. The van der Waals surface area contributed by atoms with Gasteiger partial charge in [0.25, 0.3) is 5.91 Å². The average Bonchev–Trinajstić information content (AvgIpc) is 3.13. The molecule has 1 N–H and O–H groups in total. The Morgan fingerprint density at radius 1 is 1.26 bits per heavy atom. The molecule has 120 valence electrons. The first-order chi connectivity index (χ1) is 11.0. The van der Waals surface area contributed by atoms with E-state index in [9.17, 15) is 14.0 Å². The highest BCUT2D eigenvalue weighted by Gasteiger charge is 2.50. The topological polar surface area (TPSA) is 71.8 Å². The minimum Gasteiger partial charge on any atom is -0.492 e. The average molecular weight is 318 g/mol. The Kier molecular flexibility index (Phi) is 3.77. The number of hydrogen-bond acceptors (Lipinski definition) is 4. The van der Waals surface area contributed by atoms with E-state index in [1.54, 1.807) is 19.1 Å². The molecular weight excluding hydrogens is 303 g/mol. The summed E-state index contributed by atoms with van der Waals surface area (Å²) in [7, 11) is 0. The van der Waals surface area contributed by atoms with E-state index in [0.29, 0.717) is 11.5 Å². The molecule has 0 spiro atoms. The molecular formula is C16H15FN2O4. The number of carbonyl (C=O) groups excluding carboxylic acids is 2. The molecule has 2 heterocycles. The van der Waals surface area contributed by atoms with E-state index < -0.39 is 17.5 Å². The number of urea groups is 1. The van der Waals surface area contributed by atoms with Gasteiger partial charge in [-0.2, -0.15) is 0 Å². The number of ether oxygens (including phenoxy) is 1. The molecule has 0 aliphatic carbocycles. The Labute approximate surface area is 131 Å². The number of amides is 3. The van der Waals surface area contributed by atoms with Crippen molar-refractivity contribution in [3.63, 3.8) is 0 Å². The van der Waals surface area contributed by atoms with Crippen molar-refractivity contribution in [3.8, 4) is 5.75 Å². The summed E-state index contributed by atoms with van der Waals surface area (Å²) in [6, 6.07) is 8.30. The molecule has 1 aliphatic rings. The first-order valence-electron chi connectivity index (χ1n) is 7.07. The standard InChI is InChI=1S/C16H15FN2O4/c1-16(13-3-2-9-23-13)14(20)19(15(21)18-16)8-10-22-12-6-4-11(17)5-7-12/h2-7,9H,8,10H2,1H3,(H,18,21). The van der Waals surface area contributed by atoms with E-state index in [0.717, 1.165) is 4.90 Å². The van der Waals surface area contributed by atoms with Gasteiger partial charge in [0, 0.05) is 0 Å². The molecule has 23 heavy (non-hydrogen) atoms. The second kappa shape index (κ2) is 5.75. The van der Waals surface area contributed by atoms with Gasteiger partial charge in [0.2, 0.25) is 0 Å². The van der Waals surface area contributed by atoms with Gasteiger partial charge in [0.05, 0.1) is 12.8 Å². The van der Waals surface area contributed by atoms with Crippen LogP contribution in [0.5, 0.6) is 5.75 Å². The lowest BCUT2D eigenvalue weighted by Crippen LogP contribution is -2.41. The zero-order chi connectivity index (χ0) is 16.4. The first-order valence-corrected chi connectivity index (χ1v) is 7.07. The van der Waals surface area contributed by atoms with Crippen molar-refractivity contribution in [3.05, 3.63) is 54.2 Å². The zero-order valence-corrected chi connectivity index (χ0v) is 12.4. The summed E-state index contributed by atoms with van der Waals surface area (Å²) in [5.41, 5.74) is -1.21. The lowest BCUT2D eigenvalue weighted by Gasteiger charge is -2.19. The van der Waals surface area contributed by atoms with Gasteiger partial charge >= 0.3 is 6.03 Å². The molecule has 0 bridgehead atoms. The van der Waals surface area contributed by atoms with Gasteiger partial charge in [0.15, 0.2) is 5.54 Å². The van der Waals surface area contributed by atoms with Crippen molar-refractivity contribution < 1.29 is 23.1 Å². The monoisotopic (exact) mass is 318 g/mol. The lowest BCUT2D eigenvalue weighted by molar-refractivity contribution is -0.131. The van der Waals surface area contributed by atoms with Gasteiger partial charge in [-0.05, 0) is 43.3 Å². The van der Waals surface area contributed by atoms with Crippen LogP contribution in [-0.4, -0.2) is 30.0 Å². The minimum atomic E-state index is -1.21. The fourth-order valence-electron chi connectivity index (χ4n) is 2.42.